The standard InChI is InChI=1S/C24H30ClNO6/c1-13(8-14-5-6-16(28)10-19(14)25)4-7-20(29)21-15(12-32-3)9-17-22(18(21)11-27)24(31)26(2)23(17)30/h5-6,8,10,17-18,20,22,27-29H,4,7,9,11-12H2,1-3H3/b13-8+/t17-,18+,20-,22-/m1/s1. The lowest BCUT2D eigenvalue weighted by Gasteiger charge is -2.36. The van der Waals surface area contributed by atoms with Crippen LogP contribution in [0.15, 0.2) is 34.9 Å². The van der Waals surface area contributed by atoms with Gasteiger partial charge in [0.1, 0.15) is 5.75 Å². The van der Waals surface area contributed by atoms with Crippen molar-refractivity contribution in [2.24, 2.45) is 17.8 Å². The highest BCUT2D eigenvalue weighted by Gasteiger charge is 2.53. The van der Waals surface area contributed by atoms with E-state index in [9.17, 15) is 24.9 Å². The molecule has 0 radical (unpaired) electrons. The number of benzene rings is 1. The number of rotatable bonds is 8. The highest BCUT2D eigenvalue weighted by atomic mass is 35.5. The third-order valence-corrected chi connectivity index (χ3v) is 6.80. The number of aromatic hydroxyl groups is 1. The Morgan fingerprint density at radius 1 is 1.34 bits per heavy atom. The van der Waals surface area contributed by atoms with Gasteiger partial charge in [0.15, 0.2) is 0 Å². The third-order valence-electron chi connectivity index (χ3n) is 6.48. The van der Waals surface area contributed by atoms with Crippen LogP contribution in [0.1, 0.15) is 31.7 Å². The maximum absolute atomic E-state index is 12.7. The molecular formula is C24H30ClNO6. The predicted molar refractivity (Wildman–Crippen MR) is 121 cm³/mol. The minimum absolute atomic E-state index is 0.0917. The summed E-state index contributed by atoms with van der Waals surface area (Å²) in [5.41, 5.74) is 3.14. The van der Waals surface area contributed by atoms with E-state index in [1.165, 1.54) is 13.1 Å². The summed E-state index contributed by atoms with van der Waals surface area (Å²) in [6, 6.07) is 4.75. The summed E-state index contributed by atoms with van der Waals surface area (Å²) < 4.78 is 5.31. The summed E-state index contributed by atoms with van der Waals surface area (Å²) in [6.45, 7) is 1.83. The number of imide groups is 1. The number of aliphatic hydroxyl groups is 2. The topological polar surface area (TPSA) is 107 Å². The Balaban J connectivity index is 1.82. The summed E-state index contributed by atoms with van der Waals surface area (Å²) in [5, 5.41) is 31.2. The molecule has 3 rings (SSSR count). The molecule has 7 nitrogen and oxygen atoms in total. The van der Waals surface area contributed by atoms with Gasteiger partial charge in [0.05, 0.1) is 36.2 Å². The second kappa shape index (κ2) is 10.2. The van der Waals surface area contributed by atoms with Gasteiger partial charge < -0.3 is 20.1 Å². The van der Waals surface area contributed by atoms with Gasteiger partial charge in [-0.15, -0.1) is 0 Å². The maximum atomic E-state index is 12.7. The lowest BCUT2D eigenvalue weighted by Crippen LogP contribution is -2.39. The summed E-state index contributed by atoms with van der Waals surface area (Å²) >= 11 is 6.17. The molecule has 0 spiro atoms. The van der Waals surface area contributed by atoms with E-state index in [4.69, 9.17) is 16.3 Å². The quantitative estimate of drug-likeness (QED) is 0.404. The first-order chi connectivity index (χ1) is 15.2. The van der Waals surface area contributed by atoms with Crippen molar-refractivity contribution in [2.45, 2.75) is 32.3 Å². The van der Waals surface area contributed by atoms with Crippen molar-refractivity contribution in [1.29, 1.82) is 0 Å². The van der Waals surface area contributed by atoms with Gasteiger partial charge in [-0.3, -0.25) is 14.5 Å². The molecule has 3 N–H and O–H groups in total. The summed E-state index contributed by atoms with van der Waals surface area (Å²) in [7, 11) is 3.01. The molecule has 1 saturated heterocycles. The monoisotopic (exact) mass is 463 g/mol. The van der Waals surface area contributed by atoms with E-state index in [0.717, 1.165) is 21.6 Å². The number of hydrogen-bond acceptors (Lipinski definition) is 6. The molecule has 1 aromatic rings. The Morgan fingerprint density at radius 2 is 2.06 bits per heavy atom. The van der Waals surface area contributed by atoms with Crippen molar-refractivity contribution in [3.05, 3.63) is 45.5 Å². The molecule has 2 amide bonds. The zero-order valence-electron chi connectivity index (χ0n) is 18.5. The van der Waals surface area contributed by atoms with Crippen LogP contribution in [0, 0.1) is 17.8 Å². The minimum Gasteiger partial charge on any atom is -0.508 e. The van der Waals surface area contributed by atoms with E-state index >= 15 is 0 Å². The van der Waals surface area contributed by atoms with Crippen molar-refractivity contribution in [1.82, 2.24) is 4.90 Å². The van der Waals surface area contributed by atoms with Crippen molar-refractivity contribution in [3.8, 4) is 5.75 Å². The molecule has 0 aromatic heterocycles. The average molecular weight is 464 g/mol. The number of aliphatic hydroxyl groups excluding tert-OH is 2. The van der Waals surface area contributed by atoms with Gasteiger partial charge >= 0.3 is 0 Å². The summed E-state index contributed by atoms with van der Waals surface area (Å²) in [6.07, 6.45) is 2.29. The van der Waals surface area contributed by atoms with E-state index < -0.39 is 23.9 Å². The first-order valence-electron chi connectivity index (χ1n) is 10.7. The normalized spacial score (nSPS) is 24.9. The SMILES string of the molecule is COCC1=C([C@H](O)CC/C(C)=C/c2ccc(O)cc2Cl)[C@H](CO)[C@@H]2C(=O)N(C)C(=O)[C@@H]2C1. The first kappa shape index (κ1) is 24.5. The molecule has 8 heteroatoms. The lowest BCUT2D eigenvalue weighted by atomic mass is 9.68. The third kappa shape index (κ3) is 4.76. The van der Waals surface area contributed by atoms with Gasteiger partial charge in [-0.05, 0) is 61.1 Å². The molecule has 1 heterocycles. The Kier molecular flexibility index (Phi) is 7.77. The van der Waals surface area contributed by atoms with Crippen molar-refractivity contribution >= 4 is 29.5 Å². The number of methoxy groups -OCH3 is 1. The van der Waals surface area contributed by atoms with Crippen molar-refractivity contribution in [2.75, 3.05) is 27.4 Å². The maximum Gasteiger partial charge on any atom is 0.233 e. The van der Waals surface area contributed by atoms with Crippen LogP contribution in [-0.4, -0.2) is 65.5 Å². The molecule has 4 atom stereocenters. The molecule has 32 heavy (non-hydrogen) atoms. The molecule has 174 valence electrons. The van der Waals surface area contributed by atoms with Crippen molar-refractivity contribution < 1.29 is 29.6 Å². The van der Waals surface area contributed by atoms with E-state index in [-0.39, 0.29) is 30.8 Å². The van der Waals surface area contributed by atoms with Crippen LogP contribution >= 0.6 is 11.6 Å². The zero-order chi connectivity index (χ0) is 23.6. The van der Waals surface area contributed by atoms with Crippen LogP contribution in [0.25, 0.3) is 6.08 Å². The highest BCUT2D eigenvalue weighted by Crippen LogP contribution is 2.45. The fourth-order valence-corrected chi connectivity index (χ4v) is 5.14. The van der Waals surface area contributed by atoms with E-state index in [1.54, 1.807) is 19.2 Å². The van der Waals surface area contributed by atoms with Gasteiger partial charge in [-0.1, -0.05) is 23.3 Å². The van der Waals surface area contributed by atoms with Gasteiger partial charge in [0.2, 0.25) is 11.8 Å². The highest BCUT2D eigenvalue weighted by molar-refractivity contribution is 6.32. The molecule has 1 aromatic carbocycles. The number of carbonyl (C=O) groups excluding carboxylic acids is 2. The molecule has 2 aliphatic rings. The number of amides is 2. The fourth-order valence-electron chi connectivity index (χ4n) is 4.91. The second-order valence-electron chi connectivity index (χ2n) is 8.60. The Bertz CT molecular complexity index is 956. The summed E-state index contributed by atoms with van der Waals surface area (Å²) in [5.74, 6) is -2.26. The summed E-state index contributed by atoms with van der Waals surface area (Å²) in [4.78, 5) is 26.4. The number of phenols is 1. The van der Waals surface area contributed by atoms with E-state index in [2.05, 4.69) is 0 Å². The van der Waals surface area contributed by atoms with Crippen LogP contribution < -0.4 is 0 Å². The van der Waals surface area contributed by atoms with Crippen LogP contribution in [0.5, 0.6) is 5.75 Å². The van der Waals surface area contributed by atoms with Gasteiger partial charge in [-0.2, -0.15) is 0 Å². The largest absolute Gasteiger partial charge is 0.508 e. The number of halogens is 1. The fraction of sp³-hybridized carbons (Fsp3) is 0.500. The number of likely N-dealkylation sites (tertiary alicyclic amines) is 1. The average Bonchev–Trinajstić information content (AvgIpc) is 2.97. The smallest absolute Gasteiger partial charge is 0.233 e. The Hall–Kier alpha value is -2.19. The molecule has 0 saturated carbocycles. The molecule has 1 fully saturated rings. The number of fused-ring (bicyclic) bond motifs is 1. The van der Waals surface area contributed by atoms with Gasteiger partial charge in [0.25, 0.3) is 0 Å². The predicted octanol–water partition coefficient (Wildman–Crippen LogP) is 2.78. The van der Waals surface area contributed by atoms with Crippen LogP contribution in [0.4, 0.5) is 0 Å². The van der Waals surface area contributed by atoms with E-state index in [0.29, 0.717) is 29.9 Å². The lowest BCUT2D eigenvalue weighted by molar-refractivity contribution is -0.138. The number of allylic oxidation sites excluding steroid dienone is 1. The van der Waals surface area contributed by atoms with Crippen LogP contribution in [0.3, 0.4) is 0 Å². The van der Waals surface area contributed by atoms with Gasteiger partial charge in [0, 0.05) is 20.1 Å². The molecule has 1 aliphatic heterocycles. The number of phenolic OH excluding ortho intramolecular Hbond substituents is 1. The number of nitrogens with zero attached hydrogens (tertiary/aromatic N) is 1. The Morgan fingerprint density at radius 3 is 2.69 bits per heavy atom. The Labute approximate surface area is 192 Å². The molecule has 0 bridgehead atoms. The zero-order valence-corrected chi connectivity index (χ0v) is 19.3. The molecule has 1 aliphatic carbocycles. The van der Waals surface area contributed by atoms with Crippen molar-refractivity contribution in [3.63, 3.8) is 0 Å². The van der Waals surface area contributed by atoms with E-state index in [1.807, 2.05) is 13.0 Å². The number of carbonyl (C=O) groups is 2. The minimum atomic E-state index is -0.884. The van der Waals surface area contributed by atoms with Crippen LogP contribution in [0.2, 0.25) is 5.02 Å². The van der Waals surface area contributed by atoms with Gasteiger partial charge in [-0.25, -0.2) is 0 Å². The molecular weight excluding hydrogens is 434 g/mol. The number of ether oxygens (including phenoxy) is 1. The van der Waals surface area contributed by atoms with Crippen LogP contribution in [-0.2, 0) is 14.3 Å². The first-order valence-corrected chi connectivity index (χ1v) is 11.0. The number of hydrogen-bond donors (Lipinski definition) is 3. The molecule has 0 unspecified atom stereocenters. The second-order valence-corrected chi connectivity index (χ2v) is 9.01.